The van der Waals surface area contributed by atoms with Crippen LogP contribution in [0.15, 0.2) is 30.3 Å². The first kappa shape index (κ1) is 13.1. The van der Waals surface area contributed by atoms with Crippen LogP contribution in [0.3, 0.4) is 0 Å². The lowest BCUT2D eigenvalue weighted by Crippen LogP contribution is -2.50. The van der Waals surface area contributed by atoms with Crippen molar-refractivity contribution in [3.63, 3.8) is 0 Å². The van der Waals surface area contributed by atoms with Crippen LogP contribution in [0.2, 0.25) is 0 Å². The molecule has 4 heteroatoms. The summed E-state index contributed by atoms with van der Waals surface area (Å²) < 4.78 is 0. The van der Waals surface area contributed by atoms with Crippen LogP contribution in [0.25, 0.3) is 0 Å². The van der Waals surface area contributed by atoms with Crippen LogP contribution in [0.4, 0.5) is 0 Å². The van der Waals surface area contributed by atoms with Crippen LogP contribution in [-0.4, -0.2) is 56.0 Å². The predicted octanol–water partition coefficient (Wildman–Crippen LogP) is 0.721. The Balaban J connectivity index is 1.98. The van der Waals surface area contributed by atoms with Crippen LogP contribution < -0.4 is 5.32 Å². The van der Waals surface area contributed by atoms with E-state index in [1.165, 1.54) is 5.56 Å². The molecule has 1 aliphatic rings. The van der Waals surface area contributed by atoms with E-state index in [1.54, 1.807) is 0 Å². The highest BCUT2D eigenvalue weighted by molar-refractivity contribution is 5.78. The van der Waals surface area contributed by atoms with Crippen molar-refractivity contribution in [1.29, 1.82) is 0 Å². The lowest BCUT2D eigenvalue weighted by molar-refractivity contribution is -0.133. The normalized spacial score (nSPS) is 20.2. The lowest BCUT2D eigenvalue weighted by Gasteiger charge is -2.34. The van der Waals surface area contributed by atoms with Gasteiger partial charge < -0.3 is 15.1 Å². The van der Waals surface area contributed by atoms with Gasteiger partial charge in [-0.05, 0) is 19.7 Å². The fraction of sp³-hybridized carbons (Fsp3) is 0.500. The van der Waals surface area contributed by atoms with Crippen molar-refractivity contribution < 1.29 is 4.79 Å². The van der Waals surface area contributed by atoms with Crippen molar-refractivity contribution in [2.24, 2.45) is 0 Å². The second-order valence-electron chi connectivity index (χ2n) is 4.99. The smallest absolute Gasteiger partial charge is 0.236 e. The fourth-order valence-electron chi connectivity index (χ4n) is 2.26. The van der Waals surface area contributed by atoms with E-state index in [9.17, 15) is 4.79 Å². The summed E-state index contributed by atoms with van der Waals surface area (Å²) >= 11 is 0. The summed E-state index contributed by atoms with van der Waals surface area (Å²) in [7, 11) is 3.85. The third-order valence-corrected chi connectivity index (χ3v) is 3.18. The molecule has 0 saturated carbocycles. The van der Waals surface area contributed by atoms with E-state index in [0.717, 1.165) is 19.6 Å². The minimum atomic E-state index is 0.211. The van der Waals surface area contributed by atoms with E-state index in [2.05, 4.69) is 17.4 Å². The first-order chi connectivity index (χ1) is 8.66. The summed E-state index contributed by atoms with van der Waals surface area (Å²) in [5.74, 6) is 0.211. The fourth-order valence-corrected chi connectivity index (χ4v) is 2.26. The van der Waals surface area contributed by atoms with Crippen LogP contribution in [0.1, 0.15) is 11.6 Å². The highest BCUT2D eigenvalue weighted by Crippen LogP contribution is 2.16. The Hall–Kier alpha value is -1.39. The average Bonchev–Trinajstić information content (AvgIpc) is 2.39. The van der Waals surface area contributed by atoms with E-state index in [-0.39, 0.29) is 11.9 Å². The molecule has 1 N–H and O–H groups in total. The largest absolute Gasteiger partial charge is 0.338 e. The Morgan fingerprint density at radius 2 is 2.11 bits per heavy atom. The van der Waals surface area contributed by atoms with Gasteiger partial charge in [-0.25, -0.2) is 0 Å². The van der Waals surface area contributed by atoms with Gasteiger partial charge in [0.2, 0.25) is 5.91 Å². The second-order valence-corrected chi connectivity index (χ2v) is 4.99. The Morgan fingerprint density at radius 1 is 1.39 bits per heavy atom. The summed E-state index contributed by atoms with van der Waals surface area (Å²) in [6, 6.07) is 10.6. The van der Waals surface area contributed by atoms with Gasteiger partial charge in [-0.15, -0.1) is 0 Å². The zero-order valence-corrected chi connectivity index (χ0v) is 11.1. The molecule has 1 aromatic rings. The number of benzene rings is 1. The molecule has 0 bridgehead atoms. The third kappa shape index (κ3) is 3.31. The molecular formula is C14H21N3O. The molecule has 1 aromatic carbocycles. The van der Waals surface area contributed by atoms with Crippen molar-refractivity contribution in [2.75, 3.05) is 40.3 Å². The zero-order valence-electron chi connectivity index (χ0n) is 11.1. The molecule has 4 nitrogen and oxygen atoms in total. The number of carbonyl (C=O) groups is 1. The summed E-state index contributed by atoms with van der Waals surface area (Å²) in [4.78, 5) is 15.9. The maximum atomic E-state index is 12.0. The van der Waals surface area contributed by atoms with Gasteiger partial charge >= 0.3 is 0 Å². The monoisotopic (exact) mass is 247 g/mol. The van der Waals surface area contributed by atoms with E-state index in [0.29, 0.717) is 6.54 Å². The summed E-state index contributed by atoms with van der Waals surface area (Å²) in [5, 5.41) is 3.47. The van der Waals surface area contributed by atoms with Crippen molar-refractivity contribution in [2.45, 2.75) is 6.04 Å². The third-order valence-electron chi connectivity index (χ3n) is 3.18. The molecule has 1 aliphatic heterocycles. The molecule has 1 saturated heterocycles. The Kier molecular flexibility index (Phi) is 4.33. The van der Waals surface area contributed by atoms with Crippen LogP contribution in [-0.2, 0) is 4.79 Å². The maximum absolute atomic E-state index is 12.0. The summed E-state index contributed by atoms with van der Waals surface area (Å²) in [6.07, 6.45) is 0. The lowest BCUT2D eigenvalue weighted by atomic mass is 10.0. The minimum Gasteiger partial charge on any atom is -0.338 e. The number of hydrogen-bond acceptors (Lipinski definition) is 3. The number of rotatable bonds is 3. The van der Waals surface area contributed by atoms with E-state index < -0.39 is 0 Å². The topological polar surface area (TPSA) is 35.6 Å². The second kappa shape index (κ2) is 5.98. The van der Waals surface area contributed by atoms with Gasteiger partial charge in [-0.2, -0.15) is 0 Å². The number of piperazine rings is 1. The molecule has 0 aromatic heterocycles. The number of hydrogen-bond donors (Lipinski definition) is 1. The molecule has 98 valence electrons. The van der Waals surface area contributed by atoms with Gasteiger partial charge in [0.25, 0.3) is 0 Å². The zero-order chi connectivity index (χ0) is 13.0. The molecule has 18 heavy (non-hydrogen) atoms. The molecule has 1 amide bonds. The van der Waals surface area contributed by atoms with E-state index in [4.69, 9.17) is 0 Å². The molecule has 1 atom stereocenters. The van der Waals surface area contributed by atoms with Crippen molar-refractivity contribution in [1.82, 2.24) is 15.1 Å². The number of nitrogens with one attached hydrogen (secondary N) is 1. The van der Waals surface area contributed by atoms with Gasteiger partial charge in [0.15, 0.2) is 0 Å². The molecule has 1 unspecified atom stereocenters. The van der Waals surface area contributed by atoms with Crippen molar-refractivity contribution in [3.05, 3.63) is 35.9 Å². The number of likely N-dealkylation sites (N-methyl/N-ethyl adjacent to an activating group) is 1. The number of nitrogens with zero attached hydrogens (tertiary/aromatic N) is 2. The first-order valence-corrected chi connectivity index (χ1v) is 6.37. The molecule has 2 rings (SSSR count). The molecule has 0 aliphatic carbocycles. The van der Waals surface area contributed by atoms with Crippen LogP contribution >= 0.6 is 0 Å². The standard InChI is InChI=1S/C14H21N3O/c1-16(2)11-14(18)17-9-8-15-13(10-17)12-6-4-3-5-7-12/h3-7,13,15H,8-11H2,1-2H3. The average molecular weight is 247 g/mol. The van der Waals surface area contributed by atoms with Gasteiger partial charge in [0.1, 0.15) is 0 Å². The van der Waals surface area contributed by atoms with Gasteiger partial charge in [0, 0.05) is 25.7 Å². The van der Waals surface area contributed by atoms with Gasteiger partial charge in [-0.1, -0.05) is 30.3 Å². The Morgan fingerprint density at radius 3 is 2.78 bits per heavy atom. The van der Waals surface area contributed by atoms with Crippen LogP contribution in [0.5, 0.6) is 0 Å². The van der Waals surface area contributed by atoms with Gasteiger partial charge in [-0.3, -0.25) is 4.79 Å². The van der Waals surface area contributed by atoms with Gasteiger partial charge in [0.05, 0.1) is 6.54 Å². The van der Waals surface area contributed by atoms with E-state index in [1.807, 2.05) is 42.1 Å². The quantitative estimate of drug-likeness (QED) is 0.855. The number of carbonyl (C=O) groups excluding carboxylic acids is 1. The molecule has 0 radical (unpaired) electrons. The maximum Gasteiger partial charge on any atom is 0.236 e. The summed E-state index contributed by atoms with van der Waals surface area (Å²) in [5.41, 5.74) is 1.25. The first-order valence-electron chi connectivity index (χ1n) is 6.37. The van der Waals surface area contributed by atoms with Crippen molar-refractivity contribution in [3.8, 4) is 0 Å². The predicted molar refractivity (Wildman–Crippen MR) is 72.3 cm³/mol. The minimum absolute atomic E-state index is 0.211. The summed E-state index contributed by atoms with van der Waals surface area (Å²) in [6.45, 7) is 2.91. The van der Waals surface area contributed by atoms with E-state index >= 15 is 0 Å². The molecule has 0 spiro atoms. The highest BCUT2D eigenvalue weighted by Gasteiger charge is 2.23. The SMILES string of the molecule is CN(C)CC(=O)N1CCNC(c2ccccc2)C1. The molecule has 1 heterocycles. The van der Waals surface area contributed by atoms with Crippen molar-refractivity contribution >= 4 is 5.91 Å². The Labute approximate surface area is 109 Å². The molecule has 1 fully saturated rings. The molecular weight excluding hydrogens is 226 g/mol. The van der Waals surface area contributed by atoms with Crippen LogP contribution in [0, 0.1) is 0 Å². The Bertz CT molecular complexity index is 391. The highest BCUT2D eigenvalue weighted by atomic mass is 16.2. The number of amides is 1.